The lowest BCUT2D eigenvalue weighted by Gasteiger charge is -2.24. The average molecular weight is 252 g/mol. The van der Waals surface area contributed by atoms with Gasteiger partial charge in [-0.05, 0) is 31.3 Å². The van der Waals surface area contributed by atoms with Crippen LogP contribution in [0.15, 0.2) is 12.2 Å². The zero-order valence-electron chi connectivity index (χ0n) is 11.5. The minimum Gasteiger partial charge on any atom is -0.442 e. The van der Waals surface area contributed by atoms with Crippen molar-refractivity contribution in [1.29, 1.82) is 0 Å². The molecule has 0 aromatic rings. The Morgan fingerprint density at radius 1 is 1.44 bits per heavy atom. The third-order valence-corrected chi connectivity index (χ3v) is 3.03. The van der Waals surface area contributed by atoms with Crippen LogP contribution in [-0.2, 0) is 14.3 Å². The summed E-state index contributed by atoms with van der Waals surface area (Å²) in [4.78, 5) is 12.5. The lowest BCUT2D eigenvalue weighted by molar-refractivity contribution is -0.900. The molecule has 1 rings (SSSR count). The molecular weight excluding hydrogens is 230 g/mol. The topological polar surface area (TPSA) is 40.0 Å². The molecule has 0 aromatic carbocycles. The molecule has 1 fully saturated rings. The Morgan fingerprint density at radius 2 is 2.06 bits per heavy atom. The van der Waals surface area contributed by atoms with Crippen LogP contribution in [0.1, 0.15) is 20.8 Å². The molecule has 0 amide bonds. The fourth-order valence-corrected chi connectivity index (χ4v) is 1.68. The predicted molar refractivity (Wildman–Crippen MR) is 69.1 cm³/mol. The second-order valence-corrected chi connectivity index (χ2v) is 4.75. The molecule has 1 aliphatic rings. The molecule has 0 aromatic heterocycles. The summed E-state index contributed by atoms with van der Waals surface area (Å²) in [6.45, 7) is 13.1. The Balaban J connectivity index is 2.60. The molecule has 0 spiro atoms. The highest BCUT2D eigenvalue weighted by Gasteiger charge is 2.26. The maximum atomic E-state index is 11.1. The van der Waals surface area contributed by atoms with Crippen LogP contribution in [0.25, 0.3) is 0 Å². The van der Waals surface area contributed by atoms with Gasteiger partial charge >= 0.3 is 5.97 Å². The molecule has 1 saturated heterocycles. The normalized spacial score (nSPS) is 19.3. The van der Waals surface area contributed by atoms with E-state index in [4.69, 9.17) is 9.47 Å². The lowest BCUT2D eigenvalue weighted by Crippen LogP contribution is -3.14. The second-order valence-electron chi connectivity index (χ2n) is 4.75. The predicted octanol–water partition coefficient (Wildman–Crippen LogP) is -0.197. The fourth-order valence-electron chi connectivity index (χ4n) is 1.68. The van der Waals surface area contributed by atoms with E-state index in [1.807, 2.05) is 6.92 Å². The molecular formula is C14H22NO3+. The van der Waals surface area contributed by atoms with Gasteiger partial charge in [0.25, 0.3) is 0 Å². The van der Waals surface area contributed by atoms with Gasteiger partial charge < -0.3 is 14.4 Å². The summed E-state index contributed by atoms with van der Waals surface area (Å²) in [6.07, 6.45) is 0. The first-order valence-corrected chi connectivity index (χ1v) is 6.21. The first-order chi connectivity index (χ1) is 8.44. The number of rotatable bonds is 3. The number of carbonyl (C=O) groups excluding carboxylic acids is 1. The Kier molecular flexibility index (Phi) is 5.39. The van der Waals surface area contributed by atoms with Crippen molar-refractivity contribution in [1.82, 2.24) is 0 Å². The summed E-state index contributed by atoms with van der Waals surface area (Å²) in [5.74, 6) is 5.78. The molecule has 1 aliphatic heterocycles. The lowest BCUT2D eigenvalue weighted by atomic mass is 9.99. The Morgan fingerprint density at radius 3 is 2.56 bits per heavy atom. The standard InChI is InChI=1S/C14H21NO3/c1-12(2)14(4,18-13(3)16)6-5-7-15-8-10-17-11-9-15/h1,7-11H2,2-4H3/p+1. The van der Waals surface area contributed by atoms with E-state index in [1.165, 1.54) is 11.8 Å². The third-order valence-electron chi connectivity index (χ3n) is 3.03. The quantitative estimate of drug-likeness (QED) is 0.430. The van der Waals surface area contributed by atoms with Gasteiger partial charge in [0.05, 0.1) is 13.2 Å². The van der Waals surface area contributed by atoms with Crippen LogP contribution in [0.5, 0.6) is 0 Å². The summed E-state index contributed by atoms with van der Waals surface area (Å²) in [6, 6.07) is 0. The van der Waals surface area contributed by atoms with E-state index in [1.54, 1.807) is 6.92 Å². The van der Waals surface area contributed by atoms with Gasteiger partial charge in [0, 0.05) is 6.92 Å². The van der Waals surface area contributed by atoms with E-state index in [9.17, 15) is 4.79 Å². The summed E-state index contributed by atoms with van der Waals surface area (Å²) in [5, 5.41) is 0. The van der Waals surface area contributed by atoms with Crippen molar-refractivity contribution in [3.05, 3.63) is 12.2 Å². The average Bonchev–Trinajstić information content (AvgIpc) is 2.29. The van der Waals surface area contributed by atoms with Crippen LogP contribution < -0.4 is 4.90 Å². The van der Waals surface area contributed by atoms with Gasteiger partial charge in [-0.3, -0.25) is 4.79 Å². The third kappa shape index (κ3) is 4.52. The molecule has 1 heterocycles. The number of hydrogen-bond donors (Lipinski definition) is 1. The van der Waals surface area contributed by atoms with Gasteiger partial charge in [-0.15, -0.1) is 0 Å². The molecule has 4 heteroatoms. The summed E-state index contributed by atoms with van der Waals surface area (Å²) in [7, 11) is 0. The van der Waals surface area contributed by atoms with Crippen molar-refractivity contribution in [2.75, 3.05) is 32.8 Å². The van der Waals surface area contributed by atoms with Crippen molar-refractivity contribution in [2.45, 2.75) is 26.4 Å². The molecule has 0 aliphatic carbocycles. The highest BCUT2D eigenvalue weighted by molar-refractivity contribution is 5.67. The molecule has 18 heavy (non-hydrogen) atoms. The van der Waals surface area contributed by atoms with Crippen LogP contribution in [0.2, 0.25) is 0 Å². The minimum absolute atomic E-state index is 0.339. The number of esters is 1. The Bertz CT molecular complexity index is 374. The van der Waals surface area contributed by atoms with Gasteiger partial charge in [0.15, 0.2) is 5.60 Å². The van der Waals surface area contributed by atoms with Gasteiger partial charge in [0.2, 0.25) is 0 Å². The van der Waals surface area contributed by atoms with Crippen molar-refractivity contribution in [3.63, 3.8) is 0 Å². The zero-order chi connectivity index (χ0) is 13.6. The molecule has 1 N–H and O–H groups in total. The van der Waals surface area contributed by atoms with Crippen LogP contribution in [-0.4, -0.2) is 44.4 Å². The first-order valence-electron chi connectivity index (χ1n) is 6.21. The van der Waals surface area contributed by atoms with Gasteiger partial charge in [-0.25, -0.2) is 0 Å². The van der Waals surface area contributed by atoms with Crippen LogP contribution in [0, 0.1) is 11.8 Å². The number of quaternary nitrogens is 1. The van der Waals surface area contributed by atoms with Gasteiger partial charge in [0.1, 0.15) is 19.6 Å². The maximum absolute atomic E-state index is 11.1. The highest BCUT2D eigenvalue weighted by atomic mass is 16.6. The molecule has 1 atom stereocenters. The molecule has 0 saturated carbocycles. The fraction of sp³-hybridized carbons (Fsp3) is 0.643. The molecule has 0 radical (unpaired) electrons. The zero-order valence-corrected chi connectivity index (χ0v) is 11.5. The monoisotopic (exact) mass is 252 g/mol. The number of nitrogens with one attached hydrogen (secondary N) is 1. The summed E-state index contributed by atoms with van der Waals surface area (Å²) < 4.78 is 10.5. The van der Waals surface area contributed by atoms with Gasteiger partial charge in [-0.2, -0.15) is 0 Å². The second kappa shape index (κ2) is 6.58. The number of hydrogen-bond acceptors (Lipinski definition) is 3. The Hall–Kier alpha value is -1.31. The Labute approximate surface area is 109 Å². The number of ether oxygens (including phenoxy) is 2. The SMILES string of the molecule is C=C(C)C(C)(C#CC[NH+]1CCOCC1)OC(C)=O. The van der Waals surface area contributed by atoms with E-state index in [-0.39, 0.29) is 5.97 Å². The summed E-state index contributed by atoms with van der Waals surface area (Å²) >= 11 is 0. The molecule has 0 bridgehead atoms. The maximum Gasteiger partial charge on any atom is 0.304 e. The van der Waals surface area contributed by atoms with Gasteiger partial charge in [-0.1, -0.05) is 6.58 Å². The van der Waals surface area contributed by atoms with Crippen molar-refractivity contribution in [2.24, 2.45) is 0 Å². The van der Waals surface area contributed by atoms with Crippen molar-refractivity contribution < 1.29 is 19.2 Å². The van der Waals surface area contributed by atoms with Crippen LogP contribution in [0.4, 0.5) is 0 Å². The van der Waals surface area contributed by atoms with Crippen molar-refractivity contribution in [3.8, 4) is 11.8 Å². The number of morpholine rings is 1. The van der Waals surface area contributed by atoms with E-state index < -0.39 is 5.60 Å². The smallest absolute Gasteiger partial charge is 0.304 e. The highest BCUT2D eigenvalue weighted by Crippen LogP contribution is 2.18. The first kappa shape index (κ1) is 14.7. The van der Waals surface area contributed by atoms with Crippen molar-refractivity contribution >= 4 is 5.97 Å². The number of carbonyl (C=O) groups is 1. The largest absolute Gasteiger partial charge is 0.442 e. The molecule has 100 valence electrons. The van der Waals surface area contributed by atoms with E-state index in [2.05, 4.69) is 18.4 Å². The van der Waals surface area contributed by atoms with E-state index >= 15 is 0 Å². The summed E-state index contributed by atoms with van der Waals surface area (Å²) in [5.41, 5.74) is -0.139. The van der Waals surface area contributed by atoms with Crippen LogP contribution >= 0.6 is 0 Å². The molecule has 1 unspecified atom stereocenters. The van der Waals surface area contributed by atoms with E-state index in [0.29, 0.717) is 0 Å². The van der Waals surface area contributed by atoms with E-state index in [0.717, 1.165) is 38.4 Å². The minimum atomic E-state index is -0.877. The molecule has 4 nitrogen and oxygen atoms in total. The van der Waals surface area contributed by atoms with Crippen LogP contribution in [0.3, 0.4) is 0 Å².